The van der Waals surface area contributed by atoms with E-state index in [9.17, 15) is 4.79 Å². The maximum Gasteiger partial charge on any atom is 0.255 e. The minimum Gasteiger partial charge on any atom is -0.489 e. The molecule has 2 rings (SSSR count). The lowest BCUT2D eigenvalue weighted by molar-refractivity contribution is 0.0915. The van der Waals surface area contributed by atoms with Crippen LogP contribution in [0.3, 0.4) is 0 Å². The number of carbonyl (C=O) groups excluding carboxylic acids is 1. The predicted octanol–water partition coefficient (Wildman–Crippen LogP) is 1.56. The lowest BCUT2D eigenvalue weighted by Gasteiger charge is -2.32. The number of para-hydroxylation sites is 1. The molecule has 1 aromatic rings. The molecule has 2 N–H and O–H groups in total. The van der Waals surface area contributed by atoms with Gasteiger partial charge in [0.05, 0.1) is 11.3 Å². The number of nitrogens with zero attached hydrogens (tertiary/aromatic N) is 1. The summed E-state index contributed by atoms with van der Waals surface area (Å²) < 4.78 is 5.62. The van der Waals surface area contributed by atoms with E-state index in [1.165, 1.54) is 0 Å². The number of hydrogen-bond acceptors (Lipinski definition) is 4. The average molecular weight is 277 g/mol. The van der Waals surface area contributed by atoms with E-state index in [0.717, 1.165) is 12.2 Å². The molecule has 110 valence electrons. The van der Waals surface area contributed by atoms with Gasteiger partial charge >= 0.3 is 0 Å². The highest BCUT2D eigenvalue weighted by Gasteiger charge is 2.23. The Morgan fingerprint density at radius 1 is 1.45 bits per heavy atom. The summed E-state index contributed by atoms with van der Waals surface area (Å²) in [7, 11) is 4.01. The lowest BCUT2D eigenvalue weighted by atomic mass is 10.0. The van der Waals surface area contributed by atoms with Crippen LogP contribution < -0.4 is 15.4 Å². The average Bonchev–Trinajstić information content (AvgIpc) is 2.44. The second kappa shape index (κ2) is 5.71. The first-order valence-corrected chi connectivity index (χ1v) is 6.87. The Hall–Kier alpha value is -1.75. The lowest BCUT2D eigenvalue weighted by Crippen LogP contribution is -2.48. The number of amides is 1. The standard InChI is InChI=1S/C15H23N3O2/c1-15(2,18(3)4)10-17-14(19)11-6-5-7-12-13(11)20-9-8-16-12/h5-7,16H,8-10H2,1-4H3,(H,17,19). The van der Waals surface area contributed by atoms with Crippen molar-refractivity contribution in [2.45, 2.75) is 19.4 Å². The van der Waals surface area contributed by atoms with Gasteiger partial charge in [-0.05, 0) is 40.1 Å². The van der Waals surface area contributed by atoms with E-state index < -0.39 is 0 Å². The molecule has 0 spiro atoms. The first-order chi connectivity index (χ1) is 9.42. The van der Waals surface area contributed by atoms with Crippen LogP contribution in [0.15, 0.2) is 18.2 Å². The van der Waals surface area contributed by atoms with Gasteiger partial charge in [-0.2, -0.15) is 0 Å². The van der Waals surface area contributed by atoms with E-state index in [-0.39, 0.29) is 11.4 Å². The molecule has 0 saturated heterocycles. The van der Waals surface area contributed by atoms with Gasteiger partial charge < -0.3 is 20.3 Å². The molecule has 5 heteroatoms. The quantitative estimate of drug-likeness (QED) is 0.877. The van der Waals surface area contributed by atoms with Crippen LogP contribution in [0.1, 0.15) is 24.2 Å². The second-order valence-corrected chi connectivity index (χ2v) is 5.85. The van der Waals surface area contributed by atoms with E-state index in [1.54, 1.807) is 6.07 Å². The first kappa shape index (κ1) is 14.7. The van der Waals surface area contributed by atoms with Crippen molar-refractivity contribution in [1.29, 1.82) is 0 Å². The third-order valence-electron chi connectivity index (χ3n) is 3.82. The van der Waals surface area contributed by atoms with Crippen molar-refractivity contribution in [1.82, 2.24) is 10.2 Å². The van der Waals surface area contributed by atoms with Gasteiger partial charge in [0.2, 0.25) is 0 Å². The smallest absolute Gasteiger partial charge is 0.255 e. The highest BCUT2D eigenvalue weighted by Crippen LogP contribution is 2.31. The predicted molar refractivity (Wildman–Crippen MR) is 80.5 cm³/mol. The Morgan fingerprint density at radius 3 is 2.90 bits per heavy atom. The Kier molecular flexibility index (Phi) is 4.18. The van der Waals surface area contributed by atoms with Gasteiger partial charge in [-0.25, -0.2) is 0 Å². The monoisotopic (exact) mass is 277 g/mol. The summed E-state index contributed by atoms with van der Waals surface area (Å²) >= 11 is 0. The third-order valence-corrected chi connectivity index (χ3v) is 3.82. The van der Waals surface area contributed by atoms with Crippen LogP contribution in [0.2, 0.25) is 0 Å². The molecule has 0 atom stereocenters. The summed E-state index contributed by atoms with van der Waals surface area (Å²) in [4.78, 5) is 14.4. The Labute approximate surface area is 120 Å². The van der Waals surface area contributed by atoms with Gasteiger partial charge in [-0.15, -0.1) is 0 Å². The number of likely N-dealkylation sites (N-methyl/N-ethyl adjacent to an activating group) is 1. The molecule has 0 bridgehead atoms. The Bertz CT molecular complexity index is 498. The maximum atomic E-state index is 12.3. The van der Waals surface area contributed by atoms with Gasteiger partial charge in [-0.3, -0.25) is 4.79 Å². The Morgan fingerprint density at radius 2 is 2.20 bits per heavy atom. The van der Waals surface area contributed by atoms with Crippen LogP contribution in [0.4, 0.5) is 5.69 Å². The molecule has 1 aliphatic heterocycles. The molecule has 1 aromatic carbocycles. The van der Waals surface area contributed by atoms with Crippen molar-refractivity contribution in [3.05, 3.63) is 23.8 Å². The van der Waals surface area contributed by atoms with Crippen LogP contribution in [0.5, 0.6) is 5.75 Å². The van der Waals surface area contributed by atoms with Crippen LogP contribution >= 0.6 is 0 Å². The number of benzene rings is 1. The van der Waals surface area contributed by atoms with Gasteiger partial charge in [0, 0.05) is 18.6 Å². The highest BCUT2D eigenvalue weighted by molar-refractivity contribution is 5.99. The van der Waals surface area contributed by atoms with E-state index in [2.05, 4.69) is 29.4 Å². The van der Waals surface area contributed by atoms with Gasteiger partial charge in [0.1, 0.15) is 6.61 Å². The molecule has 0 aromatic heterocycles. The fourth-order valence-corrected chi connectivity index (χ4v) is 1.90. The highest BCUT2D eigenvalue weighted by atomic mass is 16.5. The molecule has 0 saturated carbocycles. The maximum absolute atomic E-state index is 12.3. The normalized spacial score (nSPS) is 14.2. The number of anilines is 1. The SMILES string of the molecule is CN(C)C(C)(C)CNC(=O)c1cccc2c1OCCN2. The topological polar surface area (TPSA) is 53.6 Å². The summed E-state index contributed by atoms with van der Waals surface area (Å²) in [6.07, 6.45) is 0. The van der Waals surface area contributed by atoms with E-state index in [4.69, 9.17) is 4.74 Å². The first-order valence-electron chi connectivity index (χ1n) is 6.87. The van der Waals surface area contributed by atoms with E-state index in [0.29, 0.717) is 24.5 Å². The molecule has 0 fully saturated rings. The van der Waals surface area contributed by atoms with Crippen molar-refractivity contribution in [2.75, 3.05) is 39.1 Å². The number of rotatable bonds is 4. The van der Waals surface area contributed by atoms with Gasteiger partial charge in [0.25, 0.3) is 5.91 Å². The number of nitrogens with one attached hydrogen (secondary N) is 2. The summed E-state index contributed by atoms with van der Waals surface area (Å²) in [6.45, 7) is 6.11. The summed E-state index contributed by atoms with van der Waals surface area (Å²) in [5.74, 6) is 0.555. The number of carbonyl (C=O) groups is 1. The third kappa shape index (κ3) is 3.04. The zero-order valence-corrected chi connectivity index (χ0v) is 12.6. The minimum absolute atomic E-state index is 0.0936. The van der Waals surface area contributed by atoms with Crippen molar-refractivity contribution in [3.8, 4) is 5.75 Å². The van der Waals surface area contributed by atoms with Crippen LogP contribution in [-0.2, 0) is 0 Å². The minimum atomic E-state index is -0.0968. The van der Waals surface area contributed by atoms with Gasteiger partial charge in [-0.1, -0.05) is 6.07 Å². The molecule has 20 heavy (non-hydrogen) atoms. The molecule has 0 aliphatic carbocycles. The molecule has 5 nitrogen and oxygen atoms in total. The number of ether oxygens (including phenoxy) is 1. The molecule has 0 radical (unpaired) electrons. The van der Waals surface area contributed by atoms with Gasteiger partial charge in [0.15, 0.2) is 5.75 Å². The summed E-state index contributed by atoms with van der Waals surface area (Å²) in [5.41, 5.74) is 1.38. The largest absolute Gasteiger partial charge is 0.489 e. The van der Waals surface area contributed by atoms with Crippen LogP contribution in [-0.4, -0.2) is 50.1 Å². The zero-order valence-electron chi connectivity index (χ0n) is 12.6. The van der Waals surface area contributed by atoms with Crippen molar-refractivity contribution in [2.24, 2.45) is 0 Å². The fourth-order valence-electron chi connectivity index (χ4n) is 1.90. The van der Waals surface area contributed by atoms with E-state index >= 15 is 0 Å². The second-order valence-electron chi connectivity index (χ2n) is 5.85. The molecular formula is C15H23N3O2. The van der Waals surface area contributed by atoms with Crippen molar-refractivity contribution >= 4 is 11.6 Å². The number of hydrogen-bond donors (Lipinski definition) is 2. The van der Waals surface area contributed by atoms with Crippen molar-refractivity contribution < 1.29 is 9.53 Å². The fraction of sp³-hybridized carbons (Fsp3) is 0.533. The summed E-state index contributed by atoms with van der Waals surface area (Å²) in [6, 6.07) is 5.59. The zero-order chi connectivity index (χ0) is 14.8. The summed E-state index contributed by atoms with van der Waals surface area (Å²) in [5, 5.41) is 6.22. The van der Waals surface area contributed by atoms with Crippen LogP contribution in [0.25, 0.3) is 0 Å². The molecule has 0 unspecified atom stereocenters. The molecular weight excluding hydrogens is 254 g/mol. The molecule has 1 heterocycles. The molecule has 1 amide bonds. The van der Waals surface area contributed by atoms with Crippen LogP contribution in [0, 0.1) is 0 Å². The van der Waals surface area contributed by atoms with E-state index in [1.807, 2.05) is 26.2 Å². The number of fused-ring (bicyclic) bond motifs is 1. The van der Waals surface area contributed by atoms with Crippen molar-refractivity contribution in [3.63, 3.8) is 0 Å². The molecule has 1 aliphatic rings. The Balaban J connectivity index is 2.10.